The van der Waals surface area contributed by atoms with Gasteiger partial charge >= 0.3 is 0 Å². The first kappa shape index (κ1) is 16.8. The molecule has 6 heteroatoms. The topological polar surface area (TPSA) is 64.3 Å². The first-order chi connectivity index (χ1) is 10.1. The average molecular weight is 420 g/mol. The van der Waals surface area contributed by atoms with Crippen molar-refractivity contribution in [3.63, 3.8) is 0 Å². The van der Waals surface area contributed by atoms with Crippen molar-refractivity contribution < 1.29 is 9.53 Å². The molecule has 0 heterocycles. The molecular formula is C15H20Br2N2O2. The number of halogens is 2. The van der Waals surface area contributed by atoms with E-state index in [0.717, 1.165) is 33.9 Å². The number of nitrogens with one attached hydrogen (secondary N) is 1. The van der Waals surface area contributed by atoms with Crippen LogP contribution in [0.4, 0.5) is 5.69 Å². The zero-order valence-corrected chi connectivity index (χ0v) is 15.2. The molecule has 1 aromatic carbocycles. The summed E-state index contributed by atoms with van der Waals surface area (Å²) in [4.78, 5) is 12.5. The summed E-state index contributed by atoms with van der Waals surface area (Å²) in [5.74, 6) is 1.03. The van der Waals surface area contributed by atoms with Crippen molar-refractivity contribution in [1.29, 1.82) is 0 Å². The van der Waals surface area contributed by atoms with E-state index in [1.165, 1.54) is 6.42 Å². The van der Waals surface area contributed by atoms with Gasteiger partial charge in [0.25, 0.3) is 0 Å². The van der Waals surface area contributed by atoms with E-state index < -0.39 is 0 Å². The smallest absolute Gasteiger partial charge is 0.227 e. The second-order valence-electron chi connectivity index (χ2n) is 5.34. The highest BCUT2D eigenvalue weighted by atomic mass is 79.9. The number of carbonyl (C=O) groups is 1. The number of amides is 1. The van der Waals surface area contributed by atoms with Gasteiger partial charge in [0, 0.05) is 16.5 Å². The van der Waals surface area contributed by atoms with Crippen molar-refractivity contribution in [3.8, 4) is 5.75 Å². The third-order valence-electron chi connectivity index (χ3n) is 4.05. The SMILES string of the molecule is COc1cc(NC(=O)C2CCCCC2CN)c(Br)cc1Br. The highest BCUT2D eigenvalue weighted by molar-refractivity contribution is 9.11. The Bertz CT molecular complexity index is 523. The van der Waals surface area contributed by atoms with E-state index in [0.29, 0.717) is 12.3 Å². The summed E-state index contributed by atoms with van der Waals surface area (Å²) in [6.45, 7) is 0.572. The molecule has 1 amide bonds. The Kier molecular flexibility index (Phi) is 6.08. The first-order valence-corrected chi connectivity index (χ1v) is 8.69. The largest absolute Gasteiger partial charge is 0.495 e. The van der Waals surface area contributed by atoms with Crippen LogP contribution in [0, 0.1) is 11.8 Å². The summed E-state index contributed by atoms with van der Waals surface area (Å²) in [5, 5.41) is 3.00. The minimum absolute atomic E-state index is 0.00490. The molecule has 4 nitrogen and oxygen atoms in total. The minimum Gasteiger partial charge on any atom is -0.495 e. The zero-order chi connectivity index (χ0) is 15.4. The quantitative estimate of drug-likeness (QED) is 0.777. The van der Waals surface area contributed by atoms with Crippen molar-refractivity contribution >= 4 is 43.5 Å². The van der Waals surface area contributed by atoms with Gasteiger partial charge in [-0.1, -0.05) is 12.8 Å². The van der Waals surface area contributed by atoms with Crippen molar-refractivity contribution in [2.45, 2.75) is 25.7 Å². The molecular weight excluding hydrogens is 400 g/mol. The Morgan fingerprint density at radius 1 is 1.33 bits per heavy atom. The molecule has 2 atom stereocenters. The van der Waals surface area contributed by atoms with Crippen molar-refractivity contribution in [2.75, 3.05) is 19.0 Å². The molecule has 1 aliphatic carbocycles. The van der Waals surface area contributed by atoms with E-state index in [2.05, 4.69) is 37.2 Å². The van der Waals surface area contributed by atoms with Gasteiger partial charge in [-0.25, -0.2) is 0 Å². The Labute approximate surface area is 142 Å². The molecule has 1 saturated carbocycles. The predicted molar refractivity (Wildman–Crippen MR) is 91.5 cm³/mol. The maximum Gasteiger partial charge on any atom is 0.227 e. The standard InChI is InChI=1S/C15H20Br2N2O2/c1-21-14-7-13(11(16)6-12(14)17)19-15(20)10-5-3-2-4-9(10)8-18/h6-7,9-10H,2-5,8,18H2,1H3,(H,19,20). The highest BCUT2D eigenvalue weighted by Gasteiger charge is 2.30. The molecule has 0 saturated heterocycles. The third-order valence-corrected chi connectivity index (χ3v) is 5.32. The first-order valence-electron chi connectivity index (χ1n) is 7.10. The lowest BCUT2D eigenvalue weighted by atomic mass is 9.78. The van der Waals surface area contributed by atoms with E-state index in [1.807, 2.05) is 12.1 Å². The number of ether oxygens (including phenoxy) is 1. The Hall–Kier alpha value is -0.590. The lowest BCUT2D eigenvalue weighted by molar-refractivity contribution is -0.122. The molecule has 21 heavy (non-hydrogen) atoms. The number of nitrogens with two attached hydrogens (primary N) is 1. The molecule has 2 rings (SSSR count). The van der Waals surface area contributed by atoms with Crippen LogP contribution in [0.2, 0.25) is 0 Å². The van der Waals surface area contributed by atoms with Gasteiger partial charge in [-0.2, -0.15) is 0 Å². The number of benzene rings is 1. The number of rotatable bonds is 4. The van der Waals surface area contributed by atoms with E-state index in [4.69, 9.17) is 10.5 Å². The number of hydrogen-bond acceptors (Lipinski definition) is 3. The van der Waals surface area contributed by atoms with E-state index >= 15 is 0 Å². The molecule has 3 N–H and O–H groups in total. The fourth-order valence-corrected chi connectivity index (χ4v) is 4.10. The molecule has 0 radical (unpaired) electrons. The molecule has 0 spiro atoms. The number of hydrogen-bond donors (Lipinski definition) is 2. The predicted octanol–water partition coefficient (Wildman–Crippen LogP) is 3.92. The number of anilines is 1. The Morgan fingerprint density at radius 2 is 2.05 bits per heavy atom. The zero-order valence-electron chi connectivity index (χ0n) is 12.0. The summed E-state index contributed by atoms with van der Waals surface area (Å²) < 4.78 is 6.93. The maximum absolute atomic E-state index is 12.5. The van der Waals surface area contributed by atoms with Crippen LogP contribution in [0.25, 0.3) is 0 Å². The molecule has 0 aromatic heterocycles. The summed E-state index contributed by atoms with van der Waals surface area (Å²) in [7, 11) is 1.60. The van der Waals surface area contributed by atoms with Gasteiger partial charge in [0.2, 0.25) is 5.91 Å². The van der Waals surface area contributed by atoms with E-state index in [1.54, 1.807) is 7.11 Å². The van der Waals surface area contributed by atoms with Crippen molar-refractivity contribution in [1.82, 2.24) is 0 Å². The second kappa shape index (κ2) is 7.61. The second-order valence-corrected chi connectivity index (χ2v) is 7.05. The molecule has 0 bridgehead atoms. The average Bonchev–Trinajstić information content (AvgIpc) is 2.49. The molecule has 1 aliphatic rings. The maximum atomic E-state index is 12.5. The molecule has 1 fully saturated rings. The summed E-state index contributed by atoms with van der Waals surface area (Å²) in [6, 6.07) is 3.68. The highest BCUT2D eigenvalue weighted by Crippen LogP contribution is 2.36. The van der Waals surface area contributed by atoms with Gasteiger partial charge in [-0.15, -0.1) is 0 Å². The number of methoxy groups -OCH3 is 1. The molecule has 116 valence electrons. The number of carbonyl (C=O) groups excluding carboxylic acids is 1. The van der Waals surface area contributed by atoms with Gasteiger partial charge < -0.3 is 15.8 Å². The van der Waals surface area contributed by atoms with Gasteiger partial charge in [-0.05, 0) is 63.2 Å². The Balaban J connectivity index is 2.15. The van der Waals surface area contributed by atoms with Crippen molar-refractivity contribution in [3.05, 3.63) is 21.1 Å². The van der Waals surface area contributed by atoms with Gasteiger partial charge in [-0.3, -0.25) is 4.79 Å². The van der Waals surface area contributed by atoms with Crippen LogP contribution >= 0.6 is 31.9 Å². The van der Waals surface area contributed by atoms with E-state index in [9.17, 15) is 4.79 Å². The lowest BCUT2D eigenvalue weighted by Gasteiger charge is -2.29. The van der Waals surface area contributed by atoms with Crippen LogP contribution in [0.3, 0.4) is 0 Å². The third kappa shape index (κ3) is 3.99. The summed E-state index contributed by atoms with van der Waals surface area (Å²) in [6.07, 6.45) is 4.22. The molecule has 2 unspecified atom stereocenters. The van der Waals surface area contributed by atoms with Gasteiger partial charge in [0.15, 0.2) is 0 Å². The Morgan fingerprint density at radius 3 is 2.71 bits per heavy atom. The molecule has 0 aliphatic heterocycles. The molecule has 1 aromatic rings. The van der Waals surface area contributed by atoms with Crippen LogP contribution in [0.15, 0.2) is 21.1 Å². The summed E-state index contributed by atoms with van der Waals surface area (Å²) >= 11 is 6.89. The fraction of sp³-hybridized carbons (Fsp3) is 0.533. The normalized spacial score (nSPS) is 21.9. The monoisotopic (exact) mass is 418 g/mol. The van der Waals surface area contributed by atoms with Crippen LogP contribution < -0.4 is 15.8 Å². The van der Waals surface area contributed by atoms with Crippen molar-refractivity contribution in [2.24, 2.45) is 17.6 Å². The van der Waals surface area contributed by atoms with Gasteiger partial charge in [0.05, 0.1) is 17.3 Å². The lowest BCUT2D eigenvalue weighted by Crippen LogP contribution is -2.35. The minimum atomic E-state index is 0.00490. The fourth-order valence-electron chi connectivity index (χ4n) is 2.84. The van der Waals surface area contributed by atoms with E-state index in [-0.39, 0.29) is 17.7 Å². The van der Waals surface area contributed by atoms with Crippen LogP contribution in [-0.4, -0.2) is 19.6 Å². The van der Waals surface area contributed by atoms with Crippen LogP contribution in [0.5, 0.6) is 5.75 Å². The van der Waals surface area contributed by atoms with Gasteiger partial charge in [0.1, 0.15) is 5.75 Å². The summed E-state index contributed by atoms with van der Waals surface area (Å²) in [5.41, 5.74) is 6.53. The van der Waals surface area contributed by atoms with Crippen LogP contribution in [0.1, 0.15) is 25.7 Å². The van der Waals surface area contributed by atoms with Crippen LogP contribution in [-0.2, 0) is 4.79 Å².